The van der Waals surface area contributed by atoms with E-state index in [0.717, 1.165) is 5.56 Å². The molecule has 0 fully saturated rings. The van der Waals surface area contributed by atoms with Crippen LogP contribution in [-0.2, 0) is 44.4 Å². The van der Waals surface area contributed by atoms with E-state index in [0.29, 0.717) is 33.9 Å². The first-order chi connectivity index (χ1) is 30.4. The maximum absolute atomic E-state index is 15.8. The van der Waals surface area contributed by atoms with E-state index in [9.17, 15) is 13.2 Å². The Labute approximate surface area is 372 Å². The Balaban J connectivity index is 1.56. The molecule has 1 amide bonds. The molecule has 0 unspecified atom stereocenters. The second-order valence-electron chi connectivity index (χ2n) is 15.6. The first-order valence-electron chi connectivity index (χ1n) is 19.9. The third-order valence-corrected chi connectivity index (χ3v) is 13.1. The minimum absolute atomic E-state index is 0.126. The molecular weight excluding hydrogens is 863 g/mol. The number of methoxy groups -OCH3 is 3. The number of nitrogens with one attached hydrogen (secondary N) is 2. The van der Waals surface area contributed by atoms with Crippen molar-refractivity contribution in [2.45, 2.75) is 68.8 Å². The van der Waals surface area contributed by atoms with Crippen LogP contribution in [-0.4, -0.2) is 91.9 Å². The molecule has 4 aromatic carbocycles. The third kappa shape index (κ3) is 11.7. The van der Waals surface area contributed by atoms with Crippen molar-refractivity contribution in [3.8, 4) is 39.8 Å². The Morgan fingerprint density at radius 2 is 1.33 bits per heavy atom. The van der Waals surface area contributed by atoms with Crippen molar-refractivity contribution in [3.05, 3.63) is 120 Å². The number of hydrogen-bond acceptors (Lipinski definition) is 14. The van der Waals surface area contributed by atoms with Gasteiger partial charge in [0.25, 0.3) is 0 Å². The molecule has 64 heavy (non-hydrogen) atoms. The maximum Gasteiger partial charge on any atom is 0.407 e. The lowest BCUT2D eigenvalue weighted by Crippen LogP contribution is -2.44. The summed E-state index contributed by atoms with van der Waals surface area (Å²) in [5.74, 6) is 1.76. The van der Waals surface area contributed by atoms with Gasteiger partial charge in [0.05, 0.1) is 33.4 Å². The van der Waals surface area contributed by atoms with E-state index in [2.05, 4.69) is 30.4 Å². The Bertz CT molecular complexity index is 2710. The van der Waals surface area contributed by atoms with Crippen molar-refractivity contribution < 1.29 is 40.6 Å². The second kappa shape index (κ2) is 19.8. The van der Waals surface area contributed by atoms with E-state index >= 15 is 8.42 Å². The Kier molecular flexibility index (Phi) is 14.5. The molecule has 4 N–H and O–H groups in total. The van der Waals surface area contributed by atoms with Crippen molar-refractivity contribution in [1.82, 2.24) is 39.5 Å². The number of aromatic nitrogens is 5. The van der Waals surface area contributed by atoms with Crippen LogP contribution in [0.5, 0.6) is 17.2 Å². The van der Waals surface area contributed by atoms with Crippen LogP contribution in [0.2, 0.25) is 0 Å². The monoisotopic (exact) mass is 913 g/mol. The minimum atomic E-state index is -4.91. The lowest BCUT2D eigenvalue weighted by molar-refractivity contribution is 0.0509. The van der Waals surface area contributed by atoms with Crippen LogP contribution in [0.25, 0.3) is 22.5 Å². The van der Waals surface area contributed by atoms with E-state index in [4.69, 9.17) is 24.7 Å². The number of tetrazole rings is 1. The Morgan fingerprint density at radius 3 is 1.83 bits per heavy atom. The van der Waals surface area contributed by atoms with Crippen molar-refractivity contribution in [1.29, 1.82) is 0 Å². The number of nitrogens with zero attached hydrogens (tertiary/aromatic N) is 6. The number of carbonyl (C=O) groups is 1. The van der Waals surface area contributed by atoms with Gasteiger partial charge in [0.1, 0.15) is 38.5 Å². The number of carbonyl (C=O) groups excluding carboxylic acids is 1. The molecule has 2 aromatic heterocycles. The molecule has 0 aliphatic rings. The fourth-order valence-electron chi connectivity index (χ4n) is 6.46. The summed E-state index contributed by atoms with van der Waals surface area (Å²) in [5.41, 5.74) is 7.54. The van der Waals surface area contributed by atoms with Gasteiger partial charge in [-0.05, 0) is 110 Å². The van der Waals surface area contributed by atoms with Crippen LogP contribution < -0.4 is 30.0 Å². The number of nitrogen functional groups attached to an aromatic ring is 1. The van der Waals surface area contributed by atoms with Gasteiger partial charge >= 0.3 is 6.09 Å². The summed E-state index contributed by atoms with van der Waals surface area (Å²) in [6.07, 6.45) is 0.678. The molecule has 0 bridgehead atoms. The molecule has 0 radical (unpaired) electrons. The van der Waals surface area contributed by atoms with Gasteiger partial charge in [-0.3, -0.25) is 0 Å². The van der Waals surface area contributed by atoms with Crippen molar-refractivity contribution in [2.24, 2.45) is 0 Å². The van der Waals surface area contributed by atoms with Crippen molar-refractivity contribution in [2.75, 3.05) is 33.6 Å². The van der Waals surface area contributed by atoms with Crippen molar-refractivity contribution in [3.63, 3.8) is 0 Å². The molecule has 0 aliphatic carbocycles. The van der Waals surface area contributed by atoms with Crippen LogP contribution in [0.1, 0.15) is 44.4 Å². The maximum atomic E-state index is 15.8. The molecule has 0 spiro atoms. The minimum Gasteiger partial charge on any atom is -0.497 e. The van der Waals surface area contributed by atoms with Gasteiger partial charge in [0, 0.05) is 37.4 Å². The summed E-state index contributed by atoms with van der Waals surface area (Å²) < 4.78 is 86.1. The topological polar surface area (TPSA) is 232 Å². The number of anilines is 1. The summed E-state index contributed by atoms with van der Waals surface area (Å²) in [6, 6.07) is 25.9. The highest BCUT2D eigenvalue weighted by Crippen LogP contribution is 2.41. The Morgan fingerprint density at radius 1 is 0.781 bits per heavy atom. The standard InChI is InChI=1S/C44H51N9O9S2/c1-29(48-43(54)62-44(2,3)4)24-47-63(55,56)38-22-21-37(33-14-23-39(45)46-25-33)40(42-49-51-53(50-42)28-32-12-19-36(61-7)20-13-32)41(38)64(57,58)52(26-30-8-15-34(59-5)16-9-30)27-31-10-17-35(60-6)18-11-31/h8-23,25,29,47H,24,26-28H2,1-7H3,(H2,45,46)(H,48,54)/t29-/m0/s1. The van der Waals surface area contributed by atoms with Crippen LogP contribution in [0.3, 0.4) is 0 Å². The molecule has 0 saturated carbocycles. The van der Waals surface area contributed by atoms with Gasteiger partial charge in [-0.2, -0.15) is 9.10 Å². The zero-order chi connectivity index (χ0) is 46.2. The zero-order valence-corrected chi connectivity index (χ0v) is 38.1. The highest BCUT2D eigenvalue weighted by Gasteiger charge is 2.38. The predicted octanol–water partition coefficient (Wildman–Crippen LogP) is 5.64. The van der Waals surface area contributed by atoms with Gasteiger partial charge in [-0.1, -0.05) is 42.5 Å². The number of amides is 1. The number of rotatable bonds is 18. The van der Waals surface area contributed by atoms with E-state index in [1.807, 2.05) is 12.1 Å². The highest BCUT2D eigenvalue weighted by atomic mass is 32.2. The van der Waals surface area contributed by atoms with E-state index < -0.39 is 47.6 Å². The molecule has 338 valence electrons. The molecule has 2 heterocycles. The molecule has 6 rings (SSSR count). The van der Waals surface area contributed by atoms with E-state index in [-0.39, 0.29) is 48.9 Å². The second-order valence-corrected chi connectivity index (χ2v) is 19.3. The lowest BCUT2D eigenvalue weighted by atomic mass is 10.0. The average molecular weight is 914 g/mol. The normalized spacial score (nSPS) is 12.4. The smallest absolute Gasteiger partial charge is 0.407 e. The number of pyridine rings is 1. The number of ether oxygens (including phenoxy) is 4. The summed E-state index contributed by atoms with van der Waals surface area (Å²) in [5, 5.41) is 15.9. The number of hydrogen-bond donors (Lipinski definition) is 3. The number of sulfonamides is 2. The first kappa shape index (κ1) is 46.9. The third-order valence-electron chi connectivity index (χ3n) is 9.64. The summed E-state index contributed by atoms with van der Waals surface area (Å²) in [7, 11) is -5.05. The lowest BCUT2D eigenvalue weighted by Gasteiger charge is -2.26. The molecule has 20 heteroatoms. The largest absolute Gasteiger partial charge is 0.497 e. The number of benzene rings is 4. The zero-order valence-electron chi connectivity index (χ0n) is 36.5. The van der Waals surface area contributed by atoms with Gasteiger partial charge < -0.3 is 30.0 Å². The average Bonchev–Trinajstić information content (AvgIpc) is 3.73. The molecule has 18 nitrogen and oxygen atoms in total. The molecule has 1 atom stereocenters. The van der Waals surface area contributed by atoms with Crippen LogP contribution in [0.4, 0.5) is 10.6 Å². The highest BCUT2D eigenvalue weighted by molar-refractivity contribution is 7.92. The molecule has 0 aliphatic heterocycles. The molecule has 0 saturated heterocycles. The Hall–Kier alpha value is -6.61. The summed E-state index contributed by atoms with van der Waals surface area (Å²) in [4.78, 5) is 16.9. The fraction of sp³-hybridized carbons (Fsp3) is 0.295. The summed E-state index contributed by atoms with van der Waals surface area (Å²) >= 11 is 0. The van der Waals surface area contributed by atoms with Crippen LogP contribution in [0.15, 0.2) is 113 Å². The predicted molar refractivity (Wildman–Crippen MR) is 239 cm³/mol. The van der Waals surface area contributed by atoms with Gasteiger partial charge in [0.15, 0.2) is 0 Å². The van der Waals surface area contributed by atoms with Gasteiger partial charge in [-0.15, -0.1) is 10.2 Å². The number of nitrogens with two attached hydrogens (primary N) is 1. The van der Waals surface area contributed by atoms with Gasteiger partial charge in [-0.25, -0.2) is 31.3 Å². The van der Waals surface area contributed by atoms with E-state index in [1.54, 1.807) is 102 Å². The first-order valence-corrected chi connectivity index (χ1v) is 22.9. The SMILES string of the molecule is COc1ccc(CN(Cc2ccc(OC)cc2)S(=O)(=O)c2c(S(=O)(=O)NC[C@H](C)NC(=O)OC(C)(C)C)ccc(-c3ccc(N)nc3)c2-c2nnn(Cc3ccc(OC)cc3)n2)cc1. The number of alkyl carbamates (subject to hydrolysis) is 1. The molecular formula is C44H51N9O9S2. The summed E-state index contributed by atoms with van der Waals surface area (Å²) in [6.45, 7) is 6.05. The molecule has 6 aromatic rings. The van der Waals surface area contributed by atoms with Crippen molar-refractivity contribution >= 4 is 32.0 Å². The van der Waals surface area contributed by atoms with Gasteiger partial charge in [0.2, 0.25) is 25.9 Å². The quantitative estimate of drug-likeness (QED) is 0.0948. The van der Waals surface area contributed by atoms with Crippen LogP contribution >= 0.6 is 0 Å². The van der Waals surface area contributed by atoms with E-state index in [1.165, 1.54) is 47.7 Å². The fourth-order valence-corrected chi connectivity index (χ4v) is 10.0. The van der Waals surface area contributed by atoms with Crippen LogP contribution in [0, 0.1) is 0 Å².